The SMILES string of the molecule is CC1CN(C(=O)CCCSc2nnc(Cc3ccccc3)n2-c2ccccc2)CCN1C(=O)/C=C/c1ccccc1. The van der Waals surface area contributed by atoms with Crippen LogP contribution in [-0.4, -0.2) is 67.8 Å². The van der Waals surface area contributed by atoms with E-state index in [4.69, 9.17) is 0 Å². The molecule has 1 aliphatic rings. The second-order valence-corrected chi connectivity index (χ2v) is 11.2. The summed E-state index contributed by atoms with van der Waals surface area (Å²) in [7, 11) is 0. The number of rotatable bonds is 10. The van der Waals surface area contributed by atoms with Crippen molar-refractivity contribution in [1.82, 2.24) is 24.6 Å². The number of nitrogens with zero attached hydrogens (tertiary/aromatic N) is 5. The zero-order valence-corrected chi connectivity index (χ0v) is 24.1. The van der Waals surface area contributed by atoms with Gasteiger partial charge in [0.15, 0.2) is 5.16 Å². The van der Waals surface area contributed by atoms with Crippen LogP contribution in [0.5, 0.6) is 0 Å². The van der Waals surface area contributed by atoms with E-state index in [1.54, 1.807) is 17.8 Å². The summed E-state index contributed by atoms with van der Waals surface area (Å²) in [6.07, 6.45) is 5.37. The first kappa shape index (κ1) is 28.4. The summed E-state index contributed by atoms with van der Waals surface area (Å²) in [6, 6.07) is 30.2. The van der Waals surface area contributed by atoms with E-state index in [9.17, 15) is 9.59 Å². The van der Waals surface area contributed by atoms with Gasteiger partial charge in [0.25, 0.3) is 0 Å². The first-order valence-electron chi connectivity index (χ1n) is 14.1. The topological polar surface area (TPSA) is 71.3 Å². The highest BCUT2D eigenvalue weighted by Gasteiger charge is 2.28. The fourth-order valence-electron chi connectivity index (χ4n) is 5.01. The molecule has 1 atom stereocenters. The summed E-state index contributed by atoms with van der Waals surface area (Å²) < 4.78 is 2.11. The Hall–Kier alpha value is -4.17. The van der Waals surface area contributed by atoms with Gasteiger partial charge in [0.1, 0.15) is 5.82 Å². The van der Waals surface area contributed by atoms with Gasteiger partial charge in [0.2, 0.25) is 11.8 Å². The molecule has 41 heavy (non-hydrogen) atoms. The van der Waals surface area contributed by atoms with E-state index in [0.717, 1.165) is 34.4 Å². The smallest absolute Gasteiger partial charge is 0.246 e. The molecule has 210 valence electrons. The predicted octanol–water partition coefficient (Wildman–Crippen LogP) is 5.50. The van der Waals surface area contributed by atoms with E-state index in [1.807, 2.05) is 89.5 Å². The number of hydrogen-bond donors (Lipinski definition) is 0. The molecular weight excluding hydrogens is 530 g/mol. The molecule has 1 aromatic heterocycles. The van der Waals surface area contributed by atoms with Crippen molar-refractivity contribution in [2.75, 3.05) is 25.4 Å². The van der Waals surface area contributed by atoms with Crippen molar-refractivity contribution >= 4 is 29.7 Å². The van der Waals surface area contributed by atoms with Gasteiger partial charge in [-0.25, -0.2) is 0 Å². The van der Waals surface area contributed by atoms with Crippen LogP contribution >= 0.6 is 11.8 Å². The van der Waals surface area contributed by atoms with Crippen molar-refractivity contribution in [2.24, 2.45) is 0 Å². The molecule has 4 aromatic rings. The van der Waals surface area contributed by atoms with Crippen LogP contribution in [0.15, 0.2) is 102 Å². The average molecular weight is 566 g/mol. The summed E-state index contributed by atoms with van der Waals surface area (Å²) in [5.74, 6) is 1.78. The van der Waals surface area contributed by atoms with Gasteiger partial charge in [0, 0.05) is 56.0 Å². The van der Waals surface area contributed by atoms with Crippen molar-refractivity contribution in [3.8, 4) is 5.69 Å². The summed E-state index contributed by atoms with van der Waals surface area (Å²) >= 11 is 1.63. The Morgan fingerprint density at radius 3 is 2.29 bits per heavy atom. The number of benzene rings is 3. The molecule has 3 aromatic carbocycles. The molecule has 0 radical (unpaired) electrons. The lowest BCUT2D eigenvalue weighted by atomic mass is 10.1. The number of hydrogen-bond acceptors (Lipinski definition) is 5. The maximum absolute atomic E-state index is 13.0. The van der Waals surface area contributed by atoms with Gasteiger partial charge in [-0.1, -0.05) is 90.6 Å². The van der Waals surface area contributed by atoms with E-state index in [2.05, 4.69) is 39.0 Å². The lowest BCUT2D eigenvalue weighted by Gasteiger charge is -2.39. The number of piperazine rings is 1. The summed E-state index contributed by atoms with van der Waals surface area (Å²) in [6.45, 7) is 3.67. The van der Waals surface area contributed by atoms with Gasteiger partial charge in [-0.3, -0.25) is 14.2 Å². The van der Waals surface area contributed by atoms with Crippen molar-refractivity contribution in [1.29, 1.82) is 0 Å². The molecule has 1 fully saturated rings. The average Bonchev–Trinajstić information content (AvgIpc) is 3.41. The number of aromatic nitrogens is 3. The van der Waals surface area contributed by atoms with Crippen molar-refractivity contribution in [3.63, 3.8) is 0 Å². The first-order valence-corrected chi connectivity index (χ1v) is 15.0. The Labute approximate surface area is 245 Å². The standard InChI is InChI=1S/C33H35N5O2S/c1-26-25-36(21-22-37(26)32(40)20-19-27-12-5-2-6-13-27)31(39)18-11-23-41-33-35-34-30(24-28-14-7-3-8-15-28)38(33)29-16-9-4-10-17-29/h2-10,12-17,19-20,26H,11,18,21-25H2,1H3/b20-19+. The number of amides is 2. The van der Waals surface area contributed by atoms with Gasteiger partial charge in [-0.05, 0) is 42.7 Å². The Morgan fingerprint density at radius 2 is 1.59 bits per heavy atom. The van der Waals surface area contributed by atoms with E-state index < -0.39 is 0 Å². The molecule has 2 amide bonds. The third-order valence-electron chi connectivity index (χ3n) is 7.17. The number of carbonyl (C=O) groups excluding carboxylic acids is 2. The van der Waals surface area contributed by atoms with Crippen molar-refractivity contribution in [2.45, 2.75) is 37.4 Å². The Bertz CT molecular complexity index is 1460. The quantitative estimate of drug-likeness (QED) is 0.144. The largest absolute Gasteiger partial charge is 0.339 e. The van der Waals surface area contributed by atoms with E-state index in [-0.39, 0.29) is 17.9 Å². The van der Waals surface area contributed by atoms with Gasteiger partial charge < -0.3 is 9.80 Å². The third-order valence-corrected chi connectivity index (χ3v) is 8.18. The van der Waals surface area contributed by atoms with Crippen LogP contribution in [0.25, 0.3) is 11.8 Å². The molecular formula is C33H35N5O2S. The summed E-state index contributed by atoms with van der Waals surface area (Å²) in [5.41, 5.74) is 3.21. The van der Waals surface area contributed by atoms with Crippen LogP contribution in [-0.2, 0) is 16.0 Å². The molecule has 0 bridgehead atoms. The van der Waals surface area contributed by atoms with Crippen LogP contribution in [0, 0.1) is 0 Å². The Kier molecular flexibility index (Phi) is 9.65. The summed E-state index contributed by atoms with van der Waals surface area (Å²) in [5, 5.41) is 9.85. The number of carbonyl (C=O) groups is 2. The molecule has 0 saturated carbocycles. The minimum Gasteiger partial charge on any atom is -0.339 e. The second-order valence-electron chi connectivity index (χ2n) is 10.1. The maximum atomic E-state index is 13.0. The number of thioether (sulfide) groups is 1. The monoisotopic (exact) mass is 565 g/mol. The fraction of sp³-hybridized carbons (Fsp3) is 0.273. The maximum Gasteiger partial charge on any atom is 0.246 e. The van der Waals surface area contributed by atoms with Gasteiger partial charge in [-0.15, -0.1) is 10.2 Å². The molecule has 0 N–H and O–H groups in total. The van der Waals surface area contributed by atoms with Crippen LogP contribution in [0.4, 0.5) is 0 Å². The van der Waals surface area contributed by atoms with Crippen LogP contribution in [0.2, 0.25) is 0 Å². The number of para-hydroxylation sites is 1. The molecule has 1 unspecified atom stereocenters. The van der Waals surface area contributed by atoms with Crippen molar-refractivity contribution < 1.29 is 9.59 Å². The molecule has 7 nitrogen and oxygen atoms in total. The lowest BCUT2D eigenvalue weighted by molar-refractivity contribution is -0.139. The normalized spacial score (nSPS) is 15.4. The molecule has 1 saturated heterocycles. The van der Waals surface area contributed by atoms with Crippen LogP contribution in [0.3, 0.4) is 0 Å². The minimum absolute atomic E-state index is 0.0148. The van der Waals surface area contributed by atoms with Gasteiger partial charge in [-0.2, -0.15) is 0 Å². The molecule has 8 heteroatoms. The van der Waals surface area contributed by atoms with E-state index in [0.29, 0.717) is 32.5 Å². The molecule has 0 aliphatic carbocycles. The van der Waals surface area contributed by atoms with E-state index >= 15 is 0 Å². The first-order chi connectivity index (χ1) is 20.1. The highest BCUT2D eigenvalue weighted by molar-refractivity contribution is 7.99. The zero-order chi connectivity index (χ0) is 28.4. The molecule has 1 aliphatic heterocycles. The van der Waals surface area contributed by atoms with Crippen molar-refractivity contribution in [3.05, 3.63) is 114 Å². The minimum atomic E-state index is -0.0255. The van der Waals surface area contributed by atoms with Crippen LogP contribution in [0.1, 0.15) is 36.7 Å². The Balaban J connectivity index is 1.12. The van der Waals surface area contributed by atoms with Crippen LogP contribution < -0.4 is 0 Å². The fourth-order valence-corrected chi connectivity index (χ4v) is 5.92. The summed E-state index contributed by atoms with van der Waals surface area (Å²) in [4.78, 5) is 29.5. The third kappa shape index (κ3) is 7.52. The van der Waals surface area contributed by atoms with E-state index in [1.165, 1.54) is 5.56 Å². The molecule has 2 heterocycles. The predicted molar refractivity (Wildman–Crippen MR) is 164 cm³/mol. The zero-order valence-electron chi connectivity index (χ0n) is 23.3. The second kappa shape index (κ2) is 13.9. The Morgan fingerprint density at radius 1 is 0.902 bits per heavy atom. The molecule has 0 spiro atoms. The highest BCUT2D eigenvalue weighted by Crippen LogP contribution is 2.24. The van der Waals surface area contributed by atoms with Gasteiger partial charge >= 0.3 is 0 Å². The molecule has 5 rings (SSSR count). The highest BCUT2D eigenvalue weighted by atomic mass is 32.2. The lowest BCUT2D eigenvalue weighted by Crippen LogP contribution is -2.55. The van der Waals surface area contributed by atoms with Gasteiger partial charge in [0.05, 0.1) is 0 Å².